The molecule has 3 nitrogen and oxygen atoms in total. The Kier molecular flexibility index (Phi) is 4.75. The summed E-state index contributed by atoms with van der Waals surface area (Å²) in [5.74, 6) is -0.290. The lowest BCUT2D eigenvalue weighted by Crippen LogP contribution is -2.10. The number of benzene rings is 2. The van der Waals surface area contributed by atoms with Crippen molar-refractivity contribution in [2.75, 3.05) is 7.11 Å². The van der Waals surface area contributed by atoms with Crippen molar-refractivity contribution in [3.05, 3.63) is 63.4 Å². The van der Waals surface area contributed by atoms with E-state index in [1.165, 1.54) is 13.2 Å². The number of hydrogen-bond donors (Lipinski definition) is 1. The van der Waals surface area contributed by atoms with Gasteiger partial charge in [-0.25, -0.2) is 4.39 Å². The number of methoxy groups -OCH3 is 1. The third-order valence-electron chi connectivity index (χ3n) is 2.92. The zero-order valence-electron chi connectivity index (χ0n) is 11.3. The molecule has 5 heteroatoms. The molecular weight excluding hydrogens is 337 g/mol. The molecule has 0 fully saturated rings. The van der Waals surface area contributed by atoms with Gasteiger partial charge in [0.2, 0.25) is 5.91 Å². The molecule has 0 unspecified atom stereocenters. The SMILES string of the molecule is COc1ccc(C(N)=O)cc1C=Cc1ccc(Br)cc1F. The van der Waals surface area contributed by atoms with Crippen LogP contribution < -0.4 is 10.5 Å². The quantitative estimate of drug-likeness (QED) is 0.852. The van der Waals surface area contributed by atoms with Gasteiger partial charge in [-0.3, -0.25) is 4.79 Å². The molecule has 108 valence electrons. The van der Waals surface area contributed by atoms with Gasteiger partial charge in [-0.05, 0) is 30.3 Å². The average Bonchev–Trinajstić information content (AvgIpc) is 2.46. The standard InChI is InChI=1S/C16H13BrFNO2/c1-21-15-7-5-12(16(19)20)8-11(15)3-2-10-4-6-13(17)9-14(10)18/h2-9H,1H3,(H2,19,20). The summed E-state index contributed by atoms with van der Waals surface area (Å²) in [4.78, 5) is 11.2. The minimum absolute atomic E-state index is 0.342. The zero-order valence-corrected chi connectivity index (χ0v) is 12.9. The van der Waals surface area contributed by atoms with Crippen molar-refractivity contribution in [3.63, 3.8) is 0 Å². The van der Waals surface area contributed by atoms with Crippen LogP contribution in [0.5, 0.6) is 5.75 Å². The predicted octanol–water partition coefficient (Wildman–Crippen LogP) is 3.87. The number of hydrogen-bond acceptors (Lipinski definition) is 2. The summed E-state index contributed by atoms with van der Waals surface area (Å²) in [6, 6.07) is 9.63. The molecule has 1 amide bonds. The third-order valence-corrected chi connectivity index (χ3v) is 3.41. The van der Waals surface area contributed by atoms with Gasteiger partial charge in [-0.1, -0.05) is 34.1 Å². The van der Waals surface area contributed by atoms with Crippen LogP contribution in [0.3, 0.4) is 0 Å². The number of carbonyl (C=O) groups is 1. The van der Waals surface area contributed by atoms with E-state index in [-0.39, 0.29) is 5.82 Å². The first-order chi connectivity index (χ1) is 10.0. The van der Waals surface area contributed by atoms with Gasteiger partial charge in [-0.15, -0.1) is 0 Å². The Morgan fingerprint density at radius 2 is 1.90 bits per heavy atom. The molecule has 0 saturated heterocycles. The molecule has 2 N–H and O–H groups in total. The van der Waals surface area contributed by atoms with Crippen LogP contribution in [0.15, 0.2) is 40.9 Å². The Bertz CT molecular complexity index is 713. The highest BCUT2D eigenvalue weighted by molar-refractivity contribution is 9.10. The molecule has 0 saturated carbocycles. The molecule has 0 spiro atoms. The molecule has 21 heavy (non-hydrogen) atoms. The molecule has 0 bridgehead atoms. The smallest absolute Gasteiger partial charge is 0.248 e. The molecule has 0 aromatic heterocycles. The van der Waals surface area contributed by atoms with Crippen molar-refractivity contribution in [3.8, 4) is 5.75 Å². The Balaban J connectivity index is 2.39. The van der Waals surface area contributed by atoms with Crippen molar-refractivity contribution < 1.29 is 13.9 Å². The first-order valence-corrected chi connectivity index (χ1v) is 6.91. The van der Waals surface area contributed by atoms with E-state index in [9.17, 15) is 9.18 Å². The third kappa shape index (κ3) is 3.70. The second kappa shape index (κ2) is 6.54. The summed E-state index contributed by atoms with van der Waals surface area (Å²) in [5.41, 5.74) is 6.70. The molecule has 2 aromatic rings. The second-order valence-electron chi connectivity index (χ2n) is 4.32. The highest BCUT2D eigenvalue weighted by atomic mass is 79.9. The van der Waals surface area contributed by atoms with Gasteiger partial charge in [0.15, 0.2) is 0 Å². The number of primary amides is 1. The summed E-state index contributed by atoms with van der Waals surface area (Å²) in [6.07, 6.45) is 3.29. The van der Waals surface area contributed by atoms with Crippen LogP contribution in [0.4, 0.5) is 4.39 Å². The van der Waals surface area contributed by atoms with E-state index < -0.39 is 5.91 Å². The molecule has 2 aromatic carbocycles. The van der Waals surface area contributed by atoms with Crippen molar-refractivity contribution >= 4 is 34.0 Å². The fourth-order valence-corrected chi connectivity index (χ4v) is 2.17. The van der Waals surface area contributed by atoms with Gasteiger partial charge >= 0.3 is 0 Å². The largest absolute Gasteiger partial charge is 0.496 e. The van der Waals surface area contributed by atoms with Gasteiger partial charge in [0.25, 0.3) is 0 Å². The van der Waals surface area contributed by atoms with Gasteiger partial charge in [0, 0.05) is 21.2 Å². The monoisotopic (exact) mass is 349 g/mol. The van der Waals surface area contributed by atoms with Crippen LogP contribution in [-0.2, 0) is 0 Å². The first-order valence-electron chi connectivity index (χ1n) is 6.12. The molecule has 0 aliphatic heterocycles. The van der Waals surface area contributed by atoms with Gasteiger partial charge < -0.3 is 10.5 Å². The van der Waals surface area contributed by atoms with Crippen LogP contribution in [-0.4, -0.2) is 13.0 Å². The van der Waals surface area contributed by atoms with Crippen LogP contribution in [0.2, 0.25) is 0 Å². The van der Waals surface area contributed by atoms with E-state index in [4.69, 9.17) is 10.5 Å². The van der Waals surface area contributed by atoms with E-state index >= 15 is 0 Å². The van der Waals surface area contributed by atoms with Gasteiger partial charge in [0.1, 0.15) is 11.6 Å². The first kappa shape index (κ1) is 15.3. The molecular formula is C16H13BrFNO2. The van der Waals surface area contributed by atoms with E-state index in [1.54, 1.807) is 42.5 Å². The predicted molar refractivity (Wildman–Crippen MR) is 84.5 cm³/mol. The Morgan fingerprint density at radius 1 is 1.19 bits per heavy atom. The van der Waals surface area contributed by atoms with E-state index in [0.29, 0.717) is 26.9 Å². The average molecular weight is 350 g/mol. The minimum Gasteiger partial charge on any atom is -0.496 e. The maximum Gasteiger partial charge on any atom is 0.248 e. The Hall–Kier alpha value is -2.14. The number of carbonyl (C=O) groups excluding carboxylic acids is 1. The summed E-state index contributed by atoms with van der Waals surface area (Å²) < 4.78 is 19.6. The topological polar surface area (TPSA) is 52.3 Å². The highest BCUT2D eigenvalue weighted by Crippen LogP contribution is 2.23. The lowest BCUT2D eigenvalue weighted by atomic mass is 10.1. The van der Waals surface area contributed by atoms with Gasteiger partial charge in [-0.2, -0.15) is 0 Å². The molecule has 0 atom stereocenters. The number of rotatable bonds is 4. The number of ether oxygens (including phenoxy) is 1. The van der Waals surface area contributed by atoms with Crippen LogP contribution >= 0.6 is 15.9 Å². The van der Waals surface area contributed by atoms with Crippen molar-refractivity contribution in [2.45, 2.75) is 0 Å². The van der Waals surface area contributed by atoms with Crippen molar-refractivity contribution in [2.24, 2.45) is 5.73 Å². The van der Waals surface area contributed by atoms with Crippen LogP contribution in [0.1, 0.15) is 21.5 Å². The molecule has 0 aliphatic carbocycles. The van der Waals surface area contributed by atoms with E-state index in [1.807, 2.05) is 0 Å². The Labute approximate surface area is 130 Å². The molecule has 0 aliphatic rings. The summed E-state index contributed by atoms with van der Waals surface area (Å²) in [5, 5.41) is 0. The molecule has 0 radical (unpaired) electrons. The van der Waals surface area contributed by atoms with E-state index in [0.717, 1.165) is 0 Å². The minimum atomic E-state index is -0.526. The van der Waals surface area contributed by atoms with Gasteiger partial charge in [0.05, 0.1) is 7.11 Å². The molecule has 2 rings (SSSR count). The lowest BCUT2D eigenvalue weighted by Gasteiger charge is -2.06. The van der Waals surface area contributed by atoms with Crippen molar-refractivity contribution in [1.82, 2.24) is 0 Å². The second-order valence-corrected chi connectivity index (χ2v) is 5.24. The summed E-state index contributed by atoms with van der Waals surface area (Å²) >= 11 is 3.21. The maximum absolute atomic E-state index is 13.8. The zero-order chi connectivity index (χ0) is 15.4. The number of halogens is 2. The maximum atomic E-state index is 13.8. The lowest BCUT2D eigenvalue weighted by molar-refractivity contribution is 0.1000. The van der Waals surface area contributed by atoms with Crippen LogP contribution in [0.25, 0.3) is 12.2 Å². The van der Waals surface area contributed by atoms with E-state index in [2.05, 4.69) is 15.9 Å². The highest BCUT2D eigenvalue weighted by Gasteiger charge is 2.06. The molecule has 0 heterocycles. The summed E-state index contributed by atoms with van der Waals surface area (Å²) in [6.45, 7) is 0. The van der Waals surface area contributed by atoms with Crippen LogP contribution in [0, 0.1) is 5.82 Å². The fourth-order valence-electron chi connectivity index (χ4n) is 1.83. The van der Waals surface area contributed by atoms with Crippen molar-refractivity contribution in [1.29, 1.82) is 0 Å². The summed E-state index contributed by atoms with van der Waals surface area (Å²) in [7, 11) is 1.52. The number of nitrogens with two attached hydrogens (primary N) is 1. The fraction of sp³-hybridized carbons (Fsp3) is 0.0625. The normalized spacial score (nSPS) is 10.8. The Morgan fingerprint density at radius 3 is 2.52 bits per heavy atom. The number of amides is 1.